The minimum Gasteiger partial charge on any atom is -0.496 e. The highest BCUT2D eigenvalue weighted by atomic mass is 32.1. The lowest BCUT2D eigenvalue weighted by atomic mass is 10.0. The molecule has 0 spiro atoms. The Bertz CT molecular complexity index is 696. The van der Waals surface area contributed by atoms with E-state index in [4.69, 9.17) is 4.74 Å². The van der Waals surface area contributed by atoms with Gasteiger partial charge in [0.1, 0.15) is 5.75 Å². The van der Waals surface area contributed by atoms with Gasteiger partial charge in [-0.3, -0.25) is 4.99 Å². The van der Waals surface area contributed by atoms with Gasteiger partial charge in [0, 0.05) is 36.7 Å². The molecule has 2 rings (SSSR count). The van der Waals surface area contributed by atoms with E-state index in [1.165, 1.54) is 10.4 Å². The molecule has 1 atom stereocenters. The molecule has 130 valence electrons. The lowest BCUT2D eigenvalue weighted by molar-refractivity contribution is 0.405. The number of rotatable bonds is 6. The minimum absolute atomic E-state index is 0.0909. The molecule has 0 saturated carbocycles. The van der Waals surface area contributed by atoms with Crippen LogP contribution in [0.15, 0.2) is 29.4 Å². The van der Waals surface area contributed by atoms with Crippen molar-refractivity contribution in [3.63, 3.8) is 0 Å². The SMILES string of the molecule is CN=C(NCCc1ncc(C)s1)NC(C)c1cc(C)ccc1OC. The van der Waals surface area contributed by atoms with Crippen LogP contribution in [-0.2, 0) is 6.42 Å². The summed E-state index contributed by atoms with van der Waals surface area (Å²) in [5, 5.41) is 7.91. The molecule has 2 aromatic rings. The molecule has 0 aliphatic rings. The van der Waals surface area contributed by atoms with Gasteiger partial charge in [0.25, 0.3) is 0 Å². The molecule has 0 amide bonds. The van der Waals surface area contributed by atoms with Crippen LogP contribution in [-0.4, -0.2) is 31.6 Å². The number of benzene rings is 1. The van der Waals surface area contributed by atoms with Gasteiger partial charge in [0.05, 0.1) is 18.2 Å². The summed E-state index contributed by atoms with van der Waals surface area (Å²) < 4.78 is 5.47. The first kappa shape index (κ1) is 18.3. The summed E-state index contributed by atoms with van der Waals surface area (Å²) in [6, 6.07) is 6.29. The zero-order valence-corrected chi connectivity index (χ0v) is 15.8. The van der Waals surface area contributed by atoms with Gasteiger partial charge in [-0.1, -0.05) is 17.7 Å². The van der Waals surface area contributed by atoms with Gasteiger partial charge in [0.2, 0.25) is 0 Å². The third-order valence-electron chi connectivity index (χ3n) is 3.73. The number of hydrogen-bond acceptors (Lipinski definition) is 4. The average molecular weight is 347 g/mol. The monoisotopic (exact) mass is 346 g/mol. The van der Waals surface area contributed by atoms with Crippen LogP contribution in [0.4, 0.5) is 0 Å². The molecule has 5 nitrogen and oxygen atoms in total. The molecule has 6 heteroatoms. The van der Waals surface area contributed by atoms with Gasteiger partial charge in [0.15, 0.2) is 5.96 Å². The quantitative estimate of drug-likeness (QED) is 0.623. The molecule has 0 aliphatic heterocycles. The number of methoxy groups -OCH3 is 1. The normalized spacial score (nSPS) is 12.8. The standard InChI is InChI=1S/C18H26N4OS/c1-12-6-7-16(23-5)15(10-12)14(3)22-18(19-4)20-9-8-17-21-11-13(2)24-17/h6-7,10-11,14H,8-9H2,1-5H3,(H2,19,20,22). The molecule has 1 aromatic heterocycles. The Hall–Kier alpha value is -2.08. The van der Waals surface area contributed by atoms with Crippen LogP contribution in [0.5, 0.6) is 5.75 Å². The molecule has 1 aromatic carbocycles. The molecule has 24 heavy (non-hydrogen) atoms. The Morgan fingerprint density at radius 2 is 2.17 bits per heavy atom. The fourth-order valence-electron chi connectivity index (χ4n) is 2.47. The maximum Gasteiger partial charge on any atom is 0.191 e. The van der Waals surface area contributed by atoms with Crippen molar-refractivity contribution in [1.82, 2.24) is 15.6 Å². The van der Waals surface area contributed by atoms with Crippen LogP contribution in [0.25, 0.3) is 0 Å². The van der Waals surface area contributed by atoms with Crippen LogP contribution in [0, 0.1) is 13.8 Å². The summed E-state index contributed by atoms with van der Waals surface area (Å²) in [5.74, 6) is 1.66. The summed E-state index contributed by atoms with van der Waals surface area (Å²) in [6.45, 7) is 7.06. The molecule has 0 radical (unpaired) electrons. The number of hydrogen-bond donors (Lipinski definition) is 2. The second kappa shape index (κ2) is 8.68. The third-order valence-corrected chi connectivity index (χ3v) is 4.70. The van der Waals surface area contributed by atoms with Crippen molar-refractivity contribution in [2.75, 3.05) is 20.7 Å². The topological polar surface area (TPSA) is 58.5 Å². The zero-order valence-electron chi connectivity index (χ0n) is 15.0. The number of aromatic nitrogens is 1. The first-order valence-electron chi connectivity index (χ1n) is 8.06. The van der Waals surface area contributed by atoms with Crippen LogP contribution in [0.3, 0.4) is 0 Å². The Morgan fingerprint density at radius 1 is 1.38 bits per heavy atom. The Labute approximate surface area is 148 Å². The number of nitrogens with zero attached hydrogens (tertiary/aromatic N) is 2. The lowest BCUT2D eigenvalue weighted by Gasteiger charge is -2.20. The summed E-state index contributed by atoms with van der Waals surface area (Å²) in [7, 11) is 3.48. The summed E-state index contributed by atoms with van der Waals surface area (Å²) >= 11 is 1.74. The van der Waals surface area contributed by atoms with E-state index in [1.807, 2.05) is 12.3 Å². The molecule has 2 N–H and O–H groups in total. The number of aliphatic imine (C=N–C) groups is 1. The van der Waals surface area contributed by atoms with Crippen molar-refractivity contribution in [1.29, 1.82) is 0 Å². The Morgan fingerprint density at radius 3 is 2.79 bits per heavy atom. The molecule has 0 fully saturated rings. The van der Waals surface area contributed by atoms with E-state index in [9.17, 15) is 0 Å². The van der Waals surface area contributed by atoms with Crippen molar-refractivity contribution in [3.05, 3.63) is 45.4 Å². The number of guanidine groups is 1. The highest BCUT2D eigenvalue weighted by Crippen LogP contribution is 2.25. The van der Waals surface area contributed by atoms with Crippen molar-refractivity contribution in [3.8, 4) is 5.75 Å². The van der Waals surface area contributed by atoms with Crippen LogP contribution >= 0.6 is 11.3 Å². The maximum atomic E-state index is 5.47. The van der Waals surface area contributed by atoms with Gasteiger partial charge in [-0.25, -0.2) is 4.98 Å². The fraction of sp³-hybridized carbons (Fsp3) is 0.444. The molecule has 1 heterocycles. The van der Waals surface area contributed by atoms with E-state index in [2.05, 4.69) is 53.5 Å². The maximum absolute atomic E-state index is 5.47. The number of ether oxygens (including phenoxy) is 1. The predicted octanol–water partition coefficient (Wildman–Crippen LogP) is 3.24. The largest absolute Gasteiger partial charge is 0.496 e. The predicted molar refractivity (Wildman–Crippen MR) is 101 cm³/mol. The van der Waals surface area contributed by atoms with Crippen LogP contribution < -0.4 is 15.4 Å². The fourth-order valence-corrected chi connectivity index (χ4v) is 3.26. The van der Waals surface area contributed by atoms with Crippen molar-refractivity contribution in [2.45, 2.75) is 33.2 Å². The second-order valence-corrected chi connectivity index (χ2v) is 7.04. The summed E-state index contributed by atoms with van der Waals surface area (Å²) in [5.41, 5.74) is 2.33. The van der Waals surface area contributed by atoms with E-state index >= 15 is 0 Å². The highest BCUT2D eigenvalue weighted by molar-refractivity contribution is 7.11. The first-order chi connectivity index (χ1) is 11.5. The van der Waals surface area contributed by atoms with Crippen molar-refractivity contribution < 1.29 is 4.74 Å². The van der Waals surface area contributed by atoms with Crippen molar-refractivity contribution >= 4 is 17.3 Å². The molecule has 0 aliphatic carbocycles. The molecule has 0 saturated heterocycles. The molecular weight excluding hydrogens is 320 g/mol. The second-order valence-electron chi connectivity index (χ2n) is 5.73. The van der Waals surface area contributed by atoms with E-state index in [0.717, 1.165) is 35.2 Å². The van der Waals surface area contributed by atoms with Gasteiger partial charge in [-0.2, -0.15) is 0 Å². The first-order valence-corrected chi connectivity index (χ1v) is 8.88. The smallest absolute Gasteiger partial charge is 0.191 e. The average Bonchev–Trinajstić information content (AvgIpc) is 2.99. The van der Waals surface area contributed by atoms with E-state index in [-0.39, 0.29) is 6.04 Å². The molecule has 0 bridgehead atoms. The third kappa shape index (κ3) is 4.96. The van der Waals surface area contributed by atoms with Gasteiger partial charge in [-0.05, 0) is 26.8 Å². The molecular formula is C18H26N4OS. The van der Waals surface area contributed by atoms with Gasteiger partial charge < -0.3 is 15.4 Å². The zero-order chi connectivity index (χ0) is 17.5. The Balaban J connectivity index is 1.93. The van der Waals surface area contributed by atoms with Gasteiger partial charge in [-0.15, -0.1) is 11.3 Å². The number of thiazole rings is 1. The van der Waals surface area contributed by atoms with Crippen LogP contribution in [0.2, 0.25) is 0 Å². The summed E-state index contributed by atoms with van der Waals surface area (Å²) in [4.78, 5) is 9.93. The van der Waals surface area contributed by atoms with E-state index < -0.39 is 0 Å². The number of aryl methyl sites for hydroxylation is 2. The highest BCUT2D eigenvalue weighted by Gasteiger charge is 2.13. The molecule has 1 unspecified atom stereocenters. The summed E-state index contributed by atoms with van der Waals surface area (Å²) in [6.07, 6.45) is 2.81. The van der Waals surface area contributed by atoms with E-state index in [0.29, 0.717) is 0 Å². The Kier molecular flexibility index (Phi) is 6.61. The van der Waals surface area contributed by atoms with E-state index in [1.54, 1.807) is 25.5 Å². The van der Waals surface area contributed by atoms with Crippen LogP contribution in [0.1, 0.15) is 34.0 Å². The number of nitrogens with one attached hydrogen (secondary N) is 2. The minimum atomic E-state index is 0.0909. The van der Waals surface area contributed by atoms with Gasteiger partial charge >= 0.3 is 0 Å². The van der Waals surface area contributed by atoms with Crippen molar-refractivity contribution in [2.24, 2.45) is 4.99 Å². The lowest BCUT2D eigenvalue weighted by Crippen LogP contribution is -2.39.